The fourth-order valence-electron chi connectivity index (χ4n) is 4.93. The van der Waals surface area contributed by atoms with Gasteiger partial charge in [-0.2, -0.15) is 0 Å². The van der Waals surface area contributed by atoms with Crippen LogP contribution in [0.5, 0.6) is 0 Å². The summed E-state index contributed by atoms with van der Waals surface area (Å²) in [6.45, 7) is -0.512. The van der Waals surface area contributed by atoms with E-state index in [1.807, 2.05) is 6.07 Å². The van der Waals surface area contributed by atoms with Gasteiger partial charge in [-0.05, 0) is 37.2 Å². The maximum Gasteiger partial charge on any atom is 0.310 e. The molecule has 0 unspecified atom stereocenters. The first-order valence-corrected chi connectivity index (χ1v) is 10.2. The van der Waals surface area contributed by atoms with E-state index in [-0.39, 0.29) is 29.0 Å². The third-order valence-electron chi connectivity index (χ3n) is 6.24. The van der Waals surface area contributed by atoms with Crippen LogP contribution in [-0.4, -0.2) is 29.2 Å². The van der Waals surface area contributed by atoms with Crippen molar-refractivity contribution in [3.8, 4) is 0 Å². The van der Waals surface area contributed by atoms with Gasteiger partial charge in [-0.25, -0.2) is 0 Å². The summed E-state index contributed by atoms with van der Waals surface area (Å²) in [5, 5.41) is 13.3. The standard InChI is InChI=1S/C23H22N2O6/c26-19(24-17-7-4-8-18(12-17)25(29)30)13-31-23(28)21-16-10-9-15(11-16)20(21)22(27)14-5-2-1-3-6-14/h1-8,12,15-16,20-21H,9-11,13H2,(H,24,26)/t15-,16-,20+,21+/m0/s1. The van der Waals surface area contributed by atoms with Gasteiger partial charge < -0.3 is 10.1 Å². The van der Waals surface area contributed by atoms with Crippen LogP contribution in [0.4, 0.5) is 11.4 Å². The molecule has 0 spiro atoms. The van der Waals surface area contributed by atoms with Crippen LogP contribution < -0.4 is 5.32 Å². The Balaban J connectivity index is 1.39. The summed E-state index contributed by atoms with van der Waals surface area (Å²) in [6, 6.07) is 14.4. The van der Waals surface area contributed by atoms with Crippen LogP contribution in [0.3, 0.4) is 0 Å². The first-order chi connectivity index (χ1) is 14.9. The highest BCUT2D eigenvalue weighted by Crippen LogP contribution is 2.53. The van der Waals surface area contributed by atoms with E-state index in [2.05, 4.69) is 5.32 Å². The number of amides is 1. The van der Waals surface area contributed by atoms with E-state index >= 15 is 0 Å². The first kappa shape index (κ1) is 20.7. The minimum atomic E-state index is -0.594. The molecule has 1 amide bonds. The average molecular weight is 422 g/mol. The van der Waals surface area contributed by atoms with E-state index in [4.69, 9.17) is 4.74 Å². The van der Waals surface area contributed by atoms with Crippen LogP contribution in [-0.2, 0) is 14.3 Å². The number of non-ortho nitro benzene ring substituents is 1. The number of carbonyl (C=O) groups is 3. The van der Waals surface area contributed by atoms with Crippen molar-refractivity contribution in [3.63, 3.8) is 0 Å². The number of nitro groups is 1. The number of anilines is 1. The lowest BCUT2D eigenvalue weighted by Gasteiger charge is -2.28. The second kappa shape index (κ2) is 8.67. The molecule has 2 saturated carbocycles. The SMILES string of the molecule is O=C(COC(=O)[C@@H]1[C@H]2CC[C@@H](C2)[C@H]1C(=O)c1ccccc1)Nc1cccc([N+](=O)[O-])c1. The molecule has 4 atom stereocenters. The Hall–Kier alpha value is -3.55. The van der Waals surface area contributed by atoms with Gasteiger partial charge in [0, 0.05) is 29.3 Å². The summed E-state index contributed by atoms with van der Waals surface area (Å²) in [5.74, 6) is -1.89. The van der Waals surface area contributed by atoms with Gasteiger partial charge in [0.25, 0.3) is 11.6 Å². The number of rotatable bonds is 7. The molecule has 0 saturated heterocycles. The highest BCUT2D eigenvalue weighted by Gasteiger charge is 2.54. The maximum absolute atomic E-state index is 13.1. The molecule has 2 aliphatic carbocycles. The molecule has 160 valence electrons. The molecule has 8 nitrogen and oxygen atoms in total. The Labute approximate surface area is 178 Å². The monoisotopic (exact) mass is 422 g/mol. The van der Waals surface area contributed by atoms with Crippen LogP contribution in [0.15, 0.2) is 54.6 Å². The summed E-state index contributed by atoms with van der Waals surface area (Å²) >= 11 is 0. The molecule has 0 aromatic heterocycles. The quantitative estimate of drug-likeness (QED) is 0.315. The van der Waals surface area contributed by atoms with Crippen LogP contribution in [0, 0.1) is 33.8 Å². The van der Waals surface area contributed by atoms with Gasteiger partial charge >= 0.3 is 5.97 Å². The van der Waals surface area contributed by atoms with E-state index in [0.29, 0.717) is 5.56 Å². The Morgan fingerprint density at radius 3 is 2.42 bits per heavy atom. The van der Waals surface area contributed by atoms with E-state index < -0.39 is 35.2 Å². The smallest absolute Gasteiger partial charge is 0.310 e. The summed E-state index contributed by atoms with van der Waals surface area (Å²) in [4.78, 5) is 48.4. The number of carbonyl (C=O) groups excluding carboxylic acids is 3. The molecule has 1 N–H and O–H groups in total. The zero-order valence-corrected chi connectivity index (χ0v) is 16.7. The van der Waals surface area contributed by atoms with Crippen molar-refractivity contribution < 1.29 is 24.0 Å². The van der Waals surface area contributed by atoms with Crippen LogP contribution in [0.25, 0.3) is 0 Å². The molecule has 2 aromatic rings. The van der Waals surface area contributed by atoms with Crippen molar-refractivity contribution in [2.45, 2.75) is 19.3 Å². The molecule has 2 fully saturated rings. The van der Waals surface area contributed by atoms with Crippen molar-refractivity contribution in [1.29, 1.82) is 0 Å². The zero-order valence-electron chi connectivity index (χ0n) is 16.7. The fraction of sp³-hybridized carbons (Fsp3) is 0.348. The Morgan fingerprint density at radius 1 is 1.00 bits per heavy atom. The number of nitrogens with zero attached hydrogens (tertiary/aromatic N) is 1. The number of fused-ring (bicyclic) bond motifs is 2. The molecule has 2 aromatic carbocycles. The van der Waals surface area contributed by atoms with Crippen LogP contribution in [0.1, 0.15) is 29.6 Å². The average Bonchev–Trinajstić information content (AvgIpc) is 3.39. The highest BCUT2D eigenvalue weighted by molar-refractivity contribution is 6.01. The second-order valence-electron chi connectivity index (χ2n) is 8.08. The molecule has 31 heavy (non-hydrogen) atoms. The van der Waals surface area contributed by atoms with Gasteiger partial charge in [0.15, 0.2) is 12.4 Å². The summed E-state index contributed by atoms with van der Waals surface area (Å²) in [6.07, 6.45) is 2.62. The number of hydrogen-bond acceptors (Lipinski definition) is 6. The van der Waals surface area contributed by atoms with Crippen LogP contribution in [0.2, 0.25) is 0 Å². The minimum Gasteiger partial charge on any atom is -0.455 e. The van der Waals surface area contributed by atoms with Crippen molar-refractivity contribution in [1.82, 2.24) is 0 Å². The summed E-state index contributed by atoms with van der Waals surface area (Å²) in [5.41, 5.74) is 0.674. The summed E-state index contributed by atoms with van der Waals surface area (Å²) < 4.78 is 5.27. The number of hydrogen-bond donors (Lipinski definition) is 1. The van der Waals surface area contributed by atoms with E-state index in [0.717, 1.165) is 19.3 Å². The molecule has 8 heteroatoms. The molecular formula is C23H22N2O6. The molecule has 2 bridgehead atoms. The van der Waals surface area contributed by atoms with E-state index in [1.54, 1.807) is 24.3 Å². The number of benzene rings is 2. The van der Waals surface area contributed by atoms with Gasteiger partial charge in [-0.3, -0.25) is 24.5 Å². The largest absolute Gasteiger partial charge is 0.455 e. The van der Waals surface area contributed by atoms with E-state index in [1.165, 1.54) is 24.3 Å². The zero-order chi connectivity index (χ0) is 22.0. The third-order valence-corrected chi connectivity index (χ3v) is 6.24. The highest BCUT2D eigenvalue weighted by atomic mass is 16.6. The minimum absolute atomic E-state index is 0.0456. The predicted molar refractivity (Wildman–Crippen MR) is 111 cm³/mol. The topological polar surface area (TPSA) is 116 Å². The van der Waals surface area contributed by atoms with Gasteiger partial charge in [0.2, 0.25) is 0 Å². The first-order valence-electron chi connectivity index (χ1n) is 10.2. The molecule has 0 heterocycles. The van der Waals surface area contributed by atoms with Crippen LogP contribution >= 0.6 is 0 Å². The van der Waals surface area contributed by atoms with Crippen molar-refractivity contribution in [2.24, 2.45) is 23.7 Å². The Bertz CT molecular complexity index is 1020. The Kier molecular flexibility index (Phi) is 5.79. The molecule has 4 rings (SSSR count). The normalized spacial score (nSPS) is 23.9. The molecule has 0 aliphatic heterocycles. The van der Waals surface area contributed by atoms with E-state index in [9.17, 15) is 24.5 Å². The number of nitro benzene ring substituents is 1. The predicted octanol–water partition coefficient (Wildman–Crippen LogP) is 3.62. The molecular weight excluding hydrogens is 400 g/mol. The fourth-order valence-corrected chi connectivity index (χ4v) is 4.93. The van der Waals surface area contributed by atoms with Gasteiger partial charge in [0.05, 0.1) is 10.8 Å². The van der Waals surface area contributed by atoms with Gasteiger partial charge in [-0.1, -0.05) is 36.4 Å². The third kappa shape index (κ3) is 4.33. The van der Waals surface area contributed by atoms with Gasteiger partial charge in [-0.15, -0.1) is 0 Å². The number of ketones is 1. The lowest BCUT2D eigenvalue weighted by molar-refractivity contribution is -0.384. The molecule has 2 aliphatic rings. The maximum atomic E-state index is 13.1. The van der Waals surface area contributed by atoms with Crippen molar-refractivity contribution in [2.75, 3.05) is 11.9 Å². The number of esters is 1. The number of nitrogens with one attached hydrogen (secondary N) is 1. The number of Topliss-reactive ketones (excluding diaryl/α,β-unsaturated/α-hetero) is 1. The number of ether oxygens (including phenoxy) is 1. The molecule has 0 radical (unpaired) electrons. The van der Waals surface area contributed by atoms with Crippen molar-refractivity contribution >= 4 is 29.0 Å². The van der Waals surface area contributed by atoms with Crippen molar-refractivity contribution in [3.05, 3.63) is 70.3 Å². The van der Waals surface area contributed by atoms with Gasteiger partial charge in [0.1, 0.15) is 0 Å². The summed E-state index contributed by atoms with van der Waals surface area (Å²) in [7, 11) is 0. The Morgan fingerprint density at radius 2 is 1.71 bits per heavy atom. The lowest BCUT2D eigenvalue weighted by atomic mass is 9.75. The lowest BCUT2D eigenvalue weighted by Crippen LogP contribution is -2.37. The second-order valence-corrected chi connectivity index (χ2v) is 8.08.